The minimum atomic E-state index is -0.150. The number of phenols is 1. The van der Waals surface area contributed by atoms with Gasteiger partial charge in [-0.25, -0.2) is 0 Å². The number of oxime groups is 1. The van der Waals surface area contributed by atoms with Crippen LogP contribution in [0.5, 0.6) is 5.75 Å². The minimum absolute atomic E-state index is 0.109. The Balaban J connectivity index is 3.66. The molecule has 1 rings (SSSR count). The summed E-state index contributed by atoms with van der Waals surface area (Å²) in [6, 6.07) is 0. The highest BCUT2D eigenvalue weighted by Crippen LogP contribution is 2.32. The molecule has 0 aliphatic carbocycles. The van der Waals surface area contributed by atoms with Gasteiger partial charge in [-0.3, -0.25) is 4.79 Å². The molecule has 0 saturated heterocycles. The van der Waals surface area contributed by atoms with Gasteiger partial charge in [-0.2, -0.15) is 0 Å². The molecule has 0 aromatic heterocycles. The summed E-state index contributed by atoms with van der Waals surface area (Å²) in [5.74, 6) is -0.0406. The lowest BCUT2D eigenvalue weighted by molar-refractivity contribution is -0.112. The fourth-order valence-electron chi connectivity index (χ4n) is 2.08. The van der Waals surface area contributed by atoms with Crippen molar-refractivity contribution >= 4 is 11.5 Å². The molecule has 4 nitrogen and oxygen atoms in total. The minimum Gasteiger partial charge on any atom is -0.507 e. The summed E-state index contributed by atoms with van der Waals surface area (Å²) >= 11 is 0. The first-order valence-corrected chi connectivity index (χ1v) is 6.30. The molecule has 0 unspecified atom stereocenters. The maximum Gasteiger partial charge on any atom is 0.185 e. The van der Waals surface area contributed by atoms with E-state index in [1.165, 1.54) is 7.11 Å². The van der Waals surface area contributed by atoms with Gasteiger partial charge in [0.1, 0.15) is 12.9 Å². The van der Waals surface area contributed by atoms with E-state index >= 15 is 0 Å². The number of hydrogen-bond donors (Lipinski definition) is 1. The van der Waals surface area contributed by atoms with E-state index < -0.39 is 0 Å². The number of benzene rings is 1. The number of hydrogen-bond acceptors (Lipinski definition) is 4. The molecular weight excluding hydrogens is 242 g/mol. The van der Waals surface area contributed by atoms with E-state index in [1.807, 2.05) is 27.7 Å². The van der Waals surface area contributed by atoms with E-state index in [4.69, 9.17) is 4.84 Å². The number of ketones is 1. The predicted molar refractivity (Wildman–Crippen MR) is 75.9 cm³/mol. The molecule has 0 fully saturated rings. The Hall–Kier alpha value is -1.84. The van der Waals surface area contributed by atoms with E-state index in [2.05, 4.69) is 5.16 Å². The Kier molecular flexibility index (Phi) is 4.70. The summed E-state index contributed by atoms with van der Waals surface area (Å²) < 4.78 is 0. The average molecular weight is 263 g/mol. The van der Waals surface area contributed by atoms with Crippen molar-refractivity contribution in [3.63, 3.8) is 0 Å². The molecule has 0 radical (unpaired) electrons. The van der Waals surface area contributed by atoms with Crippen LogP contribution in [0.2, 0.25) is 0 Å². The summed E-state index contributed by atoms with van der Waals surface area (Å²) in [7, 11) is 1.39. The van der Waals surface area contributed by atoms with E-state index in [0.29, 0.717) is 12.0 Å². The third-order valence-electron chi connectivity index (χ3n) is 3.66. The molecule has 1 aromatic carbocycles. The molecule has 0 heterocycles. The van der Waals surface area contributed by atoms with Gasteiger partial charge in [0.25, 0.3) is 0 Å². The molecule has 4 heteroatoms. The van der Waals surface area contributed by atoms with Crippen LogP contribution in [0.25, 0.3) is 0 Å². The van der Waals surface area contributed by atoms with Crippen LogP contribution in [-0.4, -0.2) is 23.7 Å². The molecule has 0 atom stereocenters. The third kappa shape index (κ3) is 2.62. The lowest BCUT2D eigenvalue weighted by Crippen LogP contribution is -2.18. The highest BCUT2D eigenvalue weighted by atomic mass is 16.6. The van der Waals surface area contributed by atoms with Crippen LogP contribution >= 0.6 is 0 Å². The van der Waals surface area contributed by atoms with E-state index in [-0.39, 0.29) is 17.2 Å². The smallest absolute Gasteiger partial charge is 0.185 e. The second-order valence-corrected chi connectivity index (χ2v) is 4.62. The van der Waals surface area contributed by atoms with E-state index in [9.17, 15) is 9.90 Å². The topological polar surface area (TPSA) is 58.9 Å². The zero-order chi connectivity index (χ0) is 14.7. The van der Waals surface area contributed by atoms with Gasteiger partial charge in [0.15, 0.2) is 11.5 Å². The maximum absolute atomic E-state index is 12.0. The van der Waals surface area contributed by atoms with Crippen LogP contribution in [-0.2, 0) is 9.63 Å². The first-order chi connectivity index (χ1) is 8.86. The summed E-state index contributed by atoms with van der Waals surface area (Å²) in [6.07, 6.45) is 0.313. The van der Waals surface area contributed by atoms with Crippen LogP contribution in [0.3, 0.4) is 0 Å². The monoisotopic (exact) mass is 263 g/mol. The molecule has 19 heavy (non-hydrogen) atoms. The lowest BCUT2D eigenvalue weighted by atomic mass is 9.89. The number of carbonyl (C=O) groups is 1. The quantitative estimate of drug-likeness (QED) is 0.671. The Bertz CT molecular complexity index is 516. The maximum atomic E-state index is 12.0. The molecule has 0 aliphatic rings. The predicted octanol–water partition coefficient (Wildman–Crippen LogP) is 2.96. The highest BCUT2D eigenvalue weighted by molar-refractivity contribution is 6.47. The number of carbonyl (C=O) groups excluding carboxylic acids is 1. The van der Waals surface area contributed by atoms with Crippen LogP contribution in [0, 0.1) is 27.7 Å². The van der Waals surface area contributed by atoms with Crippen molar-refractivity contribution in [3.05, 3.63) is 27.8 Å². The fraction of sp³-hybridized carbons (Fsp3) is 0.467. The first-order valence-electron chi connectivity index (χ1n) is 6.30. The summed E-state index contributed by atoms with van der Waals surface area (Å²) in [4.78, 5) is 16.7. The van der Waals surface area contributed by atoms with Crippen LogP contribution < -0.4 is 0 Å². The van der Waals surface area contributed by atoms with Crippen LogP contribution in [0.1, 0.15) is 41.2 Å². The zero-order valence-corrected chi connectivity index (χ0v) is 12.4. The van der Waals surface area contributed by atoms with Gasteiger partial charge < -0.3 is 9.94 Å². The zero-order valence-electron chi connectivity index (χ0n) is 12.4. The normalized spacial score (nSPS) is 11.6. The van der Waals surface area contributed by atoms with Crippen LogP contribution in [0.15, 0.2) is 5.16 Å². The standard InChI is InChI=1S/C15H21NO3/c1-7-12(17)14(16-19-6)13-10(4)8(2)9(3)11(5)15(13)18/h18H,7H2,1-6H3. The molecule has 0 amide bonds. The molecule has 0 bridgehead atoms. The van der Waals surface area contributed by atoms with Crippen molar-refractivity contribution in [3.8, 4) is 5.75 Å². The van der Waals surface area contributed by atoms with Gasteiger partial charge in [-0.05, 0) is 49.9 Å². The van der Waals surface area contributed by atoms with Gasteiger partial charge in [-0.1, -0.05) is 12.1 Å². The number of nitrogens with zero attached hydrogens (tertiary/aromatic N) is 1. The van der Waals surface area contributed by atoms with Gasteiger partial charge in [0.05, 0.1) is 5.56 Å². The Labute approximate surface area is 114 Å². The SMILES string of the molecule is CCC(=O)C(=NOC)c1c(C)c(C)c(C)c(C)c1O. The fourth-order valence-corrected chi connectivity index (χ4v) is 2.08. The molecule has 1 aromatic rings. The van der Waals surface area contributed by atoms with Crippen molar-refractivity contribution < 1.29 is 14.7 Å². The summed E-state index contributed by atoms with van der Waals surface area (Å²) in [6.45, 7) is 9.40. The largest absolute Gasteiger partial charge is 0.507 e. The van der Waals surface area contributed by atoms with Gasteiger partial charge in [0.2, 0.25) is 0 Å². The van der Waals surface area contributed by atoms with Crippen molar-refractivity contribution in [1.29, 1.82) is 0 Å². The van der Waals surface area contributed by atoms with E-state index in [1.54, 1.807) is 6.92 Å². The molecule has 0 aliphatic heterocycles. The number of Topliss-reactive ketones (excluding diaryl/α,β-unsaturated/α-hetero) is 1. The molecule has 104 valence electrons. The Morgan fingerprint density at radius 1 is 1.11 bits per heavy atom. The first kappa shape index (κ1) is 15.2. The molecule has 1 N–H and O–H groups in total. The van der Waals surface area contributed by atoms with Crippen LogP contribution in [0.4, 0.5) is 0 Å². The van der Waals surface area contributed by atoms with Crippen molar-refractivity contribution in [1.82, 2.24) is 0 Å². The Morgan fingerprint density at radius 2 is 1.63 bits per heavy atom. The molecule has 0 saturated carbocycles. The highest BCUT2D eigenvalue weighted by Gasteiger charge is 2.23. The number of aromatic hydroxyl groups is 1. The van der Waals surface area contributed by atoms with Crippen molar-refractivity contribution in [2.45, 2.75) is 41.0 Å². The van der Waals surface area contributed by atoms with Gasteiger partial charge in [-0.15, -0.1) is 0 Å². The molecular formula is C15H21NO3. The van der Waals surface area contributed by atoms with Gasteiger partial charge in [0, 0.05) is 6.42 Å². The average Bonchev–Trinajstić information content (AvgIpc) is 2.41. The molecule has 0 spiro atoms. The summed E-state index contributed by atoms with van der Waals surface area (Å²) in [5.41, 5.74) is 4.38. The number of rotatable bonds is 4. The number of phenolic OH excluding ortho intramolecular Hbond substituents is 1. The second kappa shape index (κ2) is 5.87. The van der Waals surface area contributed by atoms with Gasteiger partial charge >= 0.3 is 0 Å². The van der Waals surface area contributed by atoms with Crippen molar-refractivity contribution in [2.75, 3.05) is 7.11 Å². The summed E-state index contributed by atoms with van der Waals surface area (Å²) in [5, 5.41) is 14.1. The van der Waals surface area contributed by atoms with Crippen molar-refractivity contribution in [2.24, 2.45) is 5.16 Å². The van der Waals surface area contributed by atoms with E-state index in [0.717, 1.165) is 22.3 Å². The Morgan fingerprint density at radius 3 is 2.11 bits per heavy atom. The second-order valence-electron chi connectivity index (χ2n) is 4.62. The third-order valence-corrected chi connectivity index (χ3v) is 3.66. The lowest BCUT2D eigenvalue weighted by Gasteiger charge is -2.17.